The first-order valence-corrected chi connectivity index (χ1v) is 11.8. The summed E-state index contributed by atoms with van der Waals surface area (Å²) >= 11 is 0. The highest BCUT2D eigenvalue weighted by molar-refractivity contribution is 6.17. The average molecular weight is 436 g/mol. The number of ether oxygens (including phenoxy) is 1. The Morgan fingerprint density at radius 3 is 2.75 bits per heavy atom. The fourth-order valence-electron chi connectivity index (χ4n) is 6.07. The summed E-state index contributed by atoms with van der Waals surface area (Å²) < 4.78 is 7.55. The fraction of sp³-hybridized carbons (Fsp3) is 0.538. The lowest BCUT2D eigenvalue weighted by Crippen LogP contribution is -2.51. The number of para-hydroxylation sites is 1. The molecule has 4 heterocycles. The van der Waals surface area contributed by atoms with Crippen molar-refractivity contribution < 1.29 is 14.3 Å². The van der Waals surface area contributed by atoms with Crippen LogP contribution in [0.2, 0.25) is 0 Å². The van der Waals surface area contributed by atoms with Gasteiger partial charge in [-0.25, -0.2) is 0 Å². The maximum atomic E-state index is 13.5. The second-order valence-electron chi connectivity index (χ2n) is 10.4. The third-order valence-electron chi connectivity index (χ3n) is 7.29. The Hall–Kier alpha value is -2.60. The average Bonchev–Trinajstić information content (AvgIpc) is 3.10. The summed E-state index contributed by atoms with van der Waals surface area (Å²) in [4.78, 5) is 28.4. The molecular formula is C26H33N3O3. The van der Waals surface area contributed by atoms with E-state index in [4.69, 9.17) is 4.74 Å². The zero-order valence-electron chi connectivity index (χ0n) is 19.5. The summed E-state index contributed by atoms with van der Waals surface area (Å²) in [5.74, 6) is -0.637. The molecule has 0 aliphatic carbocycles. The smallest absolute Gasteiger partial charge is 0.325 e. The van der Waals surface area contributed by atoms with Crippen molar-refractivity contribution in [1.29, 1.82) is 0 Å². The van der Waals surface area contributed by atoms with Crippen LogP contribution in [-0.4, -0.2) is 46.6 Å². The van der Waals surface area contributed by atoms with E-state index in [-0.39, 0.29) is 17.9 Å². The van der Waals surface area contributed by atoms with E-state index in [0.717, 1.165) is 44.3 Å². The van der Waals surface area contributed by atoms with Crippen LogP contribution < -0.4 is 5.32 Å². The lowest BCUT2D eigenvalue weighted by Gasteiger charge is -2.53. The Bertz CT molecular complexity index is 1120. The number of hydrogen-bond donors (Lipinski definition) is 1. The molecule has 1 aromatic heterocycles. The molecule has 5 rings (SSSR count). The number of carbonyl (C=O) groups is 2. The van der Waals surface area contributed by atoms with E-state index in [9.17, 15) is 9.59 Å². The Kier molecular flexibility index (Phi) is 4.97. The molecule has 0 unspecified atom stereocenters. The number of esters is 1. The standard InChI is InChI=1S/C26H33N3O3/c1-5-26-12-8-13-28-14-11-18-17-9-6-7-10-19(17)29(22(18)23(26)28)20(15-26)24(31)27-16-21(30)32-25(2,3)4/h6-7,9-10,15,23H,5,8,11-14,16H2,1-4H3,(H,27,31)/t23-,26+/m1/s1. The van der Waals surface area contributed by atoms with E-state index < -0.39 is 11.6 Å². The van der Waals surface area contributed by atoms with Crippen molar-refractivity contribution in [2.24, 2.45) is 5.41 Å². The first-order valence-electron chi connectivity index (χ1n) is 11.8. The third kappa shape index (κ3) is 3.27. The Labute approximate surface area is 189 Å². The van der Waals surface area contributed by atoms with Crippen molar-refractivity contribution in [3.8, 4) is 0 Å². The number of nitrogens with zero attached hydrogens (tertiary/aromatic N) is 2. The molecule has 2 aromatic rings. The van der Waals surface area contributed by atoms with Crippen LogP contribution in [0, 0.1) is 5.41 Å². The normalized spacial score (nSPS) is 24.6. The Balaban J connectivity index is 1.59. The van der Waals surface area contributed by atoms with Crippen LogP contribution in [0.15, 0.2) is 30.3 Å². The number of piperidine rings is 1. The summed E-state index contributed by atoms with van der Waals surface area (Å²) in [6.45, 7) is 9.77. The first kappa shape index (κ1) is 21.3. The largest absolute Gasteiger partial charge is 0.459 e. The number of aromatic nitrogens is 1. The molecule has 0 spiro atoms. The van der Waals surface area contributed by atoms with Crippen LogP contribution in [0.5, 0.6) is 0 Å². The molecule has 6 nitrogen and oxygen atoms in total. The van der Waals surface area contributed by atoms with Gasteiger partial charge < -0.3 is 14.6 Å². The van der Waals surface area contributed by atoms with Crippen LogP contribution in [0.1, 0.15) is 64.3 Å². The van der Waals surface area contributed by atoms with Gasteiger partial charge in [0.25, 0.3) is 5.91 Å². The van der Waals surface area contributed by atoms with Crippen LogP contribution in [0.3, 0.4) is 0 Å². The van der Waals surface area contributed by atoms with E-state index in [1.165, 1.54) is 16.6 Å². The van der Waals surface area contributed by atoms with Gasteiger partial charge in [0, 0.05) is 23.0 Å². The van der Waals surface area contributed by atoms with Crippen LogP contribution in [-0.2, 0) is 20.7 Å². The zero-order chi connectivity index (χ0) is 22.7. The summed E-state index contributed by atoms with van der Waals surface area (Å²) in [5.41, 5.74) is 3.75. The molecular weight excluding hydrogens is 402 g/mol. The number of amides is 1. The summed E-state index contributed by atoms with van der Waals surface area (Å²) in [7, 11) is 0. The Morgan fingerprint density at radius 1 is 1.22 bits per heavy atom. The fourth-order valence-corrected chi connectivity index (χ4v) is 6.07. The van der Waals surface area contributed by atoms with Crippen molar-refractivity contribution in [2.45, 2.75) is 65.0 Å². The molecule has 1 amide bonds. The van der Waals surface area contributed by atoms with E-state index in [2.05, 4.69) is 46.0 Å². The lowest BCUT2D eigenvalue weighted by molar-refractivity contribution is -0.154. The minimum atomic E-state index is -0.577. The Morgan fingerprint density at radius 2 is 2.00 bits per heavy atom. The van der Waals surface area contributed by atoms with Crippen molar-refractivity contribution in [3.63, 3.8) is 0 Å². The number of hydrogen-bond acceptors (Lipinski definition) is 4. The summed E-state index contributed by atoms with van der Waals surface area (Å²) in [5, 5.41) is 4.08. The minimum absolute atomic E-state index is 0.0591. The summed E-state index contributed by atoms with van der Waals surface area (Å²) in [6, 6.07) is 8.71. The second kappa shape index (κ2) is 7.48. The van der Waals surface area contributed by atoms with Gasteiger partial charge in [0.2, 0.25) is 0 Å². The van der Waals surface area contributed by atoms with Crippen LogP contribution in [0.4, 0.5) is 0 Å². The second-order valence-corrected chi connectivity index (χ2v) is 10.4. The number of fused-ring (bicyclic) bond motifs is 3. The lowest BCUT2D eigenvalue weighted by atomic mass is 9.66. The highest BCUT2D eigenvalue weighted by Crippen LogP contribution is 2.56. The molecule has 0 radical (unpaired) electrons. The van der Waals surface area contributed by atoms with Gasteiger partial charge in [-0.2, -0.15) is 0 Å². The quantitative estimate of drug-likeness (QED) is 0.736. The van der Waals surface area contributed by atoms with E-state index in [0.29, 0.717) is 11.7 Å². The predicted octanol–water partition coefficient (Wildman–Crippen LogP) is 4.04. The van der Waals surface area contributed by atoms with Crippen molar-refractivity contribution in [1.82, 2.24) is 14.8 Å². The number of carbonyl (C=O) groups excluding carboxylic acids is 2. The zero-order valence-corrected chi connectivity index (χ0v) is 19.5. The van der Waals surface area contributed by atoms with E-state index >= 15 is 0 Å². The maximum Gasteiger partial charge on any atom is 0.325 e. The van der Waals surface area contributed by atoms with Gasteiger partial charge in [-0.3, -0.25) is 14.5 Å². The molecule has 6 heteroatoms. The van der Waals surface area contributed by atoms with Crippen LogP contribution >= 0.6 is 0 Å². The third-order valence-corrected chi connectivity index (χ3v) is 7.29. The maximum absolute atomic E-state index is 13.5. The van der Waals surface area contributed by atoms with Gasteiger partial charge >= 0.3 is 5.97 Å². The van der Waals surface area contributed by atoms with Crippen molar-refractivity contribution >= 4 is 28.5 Å². The molecule has 170 valence electrons. The number of nitrogens with one attached hydrogen (secondary N) is 1. The van der Waals surface area contributed by atoms with Gasteiger partial charge in [0.05, 0.1) is 11.6 Å². The van der Waals surface area contributed by atoms with Gasteiger partial charge in [-0.05, 0) is 70.7 Å². The molecule has 3 aliphatic rings. The summed E-state index contributed by atoms with van der Waals surface area (Å²) in [6.07, 6.45) is 6.42. The van der Waals surface area contributed by atoms with Gasteiger partial charge in [-0.1, -0.05) is 25.1 Å². The van der Waals surface area contributed by atoms with Gasteiger partial charge in [0.1, 0.15) is 17.8 Å². The number of benzene rings is 1. The van der Waals surface area contributed by atoms with Gasteiger partial charge in [-0.15, -0.1) is 0 Å². The van der Waals surface area contributed by atoms with Crippen LogP contribution in [0.25, 0.3) is 16.6 Å². The van der Waals surface area contributed by atoms with Crippen molar-refractivity contribution in [3.05, 3.63) is 41.6 Å². The molecule has 2 atom stereocenters. The monoisotopic (exact) mass is 435 g/mol. The predicted molar refractivity (Wildman–Crippen MR) is 125 cm³/mol. The molecule has 1 aromatic carbocycles. The molecule has 1 fully saturated rings. The SMILES string of the molecule is CC[C@@]12C=C(C(=O)NCC(=O)OC(C)(C)C)n3c4c(c5ccccc53)CCN(CCC1)[C@H]42. The minimum Gasteiger partial charge on any atom is -0.459 e. The topological polar surface area (TPSA) is 63.6 Å². The van der Waals surface area contributed by atoms with E-state index in [1.807, 2.05) is 26.8 Å². The number of rotatable bonds is 4. The van der Waals surface area contributed by atoms with E-state index in [1.54, 1.807) is 0 Å². The molecule has 1 saturated heterocycles. The highest BCUT2D eigenvalue weighted by Gasteiger charge is 2.51. The highest BCUT2D eigenvalue weighted by atomic mass is 16.6. The molecule has 0 bridgehead atoms. The van der Waals surface area contributed by atoms with Gasteiger partial charge in [0.15, 0.2) is 0 Å². The molecule has 1 N–H and O–H groups in total. The molecule has 3 aliphatic heterocycles. The van der Waals surface area contributed by atoms with Crippen molar-refractivity contribution in [2.75, 3.05) is 19.6 Å². The molecule has 0 saturated carbocycles. The molecule has 32 heavy (non-hydrogen) atoms. The first-order chi connectivity index (χ1) is 15.2.